The molecule has 0 bridgehead atoms. The molecule has 0 saturated heterocycles. The summed E-state index contributed by atoms with van der Waals surface area (Å²) in [5, 5.41) is 0. The third kappa shape index (κ3) is 16.6. The monoisotopic (exact) mass is 433 g/mol. The second-order valence-corrected chi connectivity index (χ2v) is 8.48. The Balaban J connectivity index is 0. The lowest BCUT2D eigenvalue weighted by Crippen LogP contribution is -3.00. The highest BCUT2D eigenvalue weighted by Crippen LogP contribution is 2.19. The van der Waals surface area contributed by atoms with E-state index in [0.29, 0.717) is 0 Å². The largest absolute Gasteiger partial charge is 1.00 e. The molecule has 0 radical (unpaired) electrons. The van der Waals surface area contributed by atoms with Crippen molar-refractivity contribution in [1.29, 1.82) is 0 Å². The van der Waals surface area contributed by atoms with Crippen LogP contribution in [-0.2, 0) is 0 Å². The highest BCUT2D eigenvalue weighted by atomic mass is 79.9. The standard InChI is InChI=1S/C24H52N.BrH/c1-5-9-13-15-19-23-25(21-17-11-7-3,22-18-12-8-4)24-20-16-14-10-6-2;/h5-24H2,1-4H3;1H/q+1;/p-1. The van der Waals surface area contributed by atoms with Crippen molar-refractivity contribution in [2.24, 2.45) is 0 Å². The first-order valence-electron chi connectivity index (χ1n) is 12.1. The van der Waals surface area contributed by atoms with Gasteiger partial charge in [0.25, 0.3) is 0 Å². The third-order valence-corrected chi connectivity index (χ3v) is 5.94. The number of rotatable bonds is 20. The molecule has 1 nitrogen and oxygen atoms in total. The van der Waals surface area contributed by atoms with Crippen LogP contribution in [0.3, 0.4) is 0 Å². The lowest BCUT2D eigenvalue weighted by Gasteiger charge is -2.39. The zero-order valence-electron chi connectivity index (χ0n) is 19.0. The van der Waals surface area contributed by atoms with Crippen LogP contribution in [0.15, 0.2) is 0 Å². The first-order chi connectivity index (χ1) is 12.2. The molecular formula is C24H52BrN. The summed E-state index contributed by atoms with van der Waals surface area (Å²) in [7, 11) is 0. The summed E-state index contributed by atoms with van der Waals surface area (Å²) in [6.45, 7) is 15.2. The predicted molar refractivity (Wildman–Crippen MR) is 116 cm³/mol. The van der Waals surface area contributed by atoms with Gasteiger partial charge in [0, 0.05) is 0 Å². The van der Waals surface area contributed by atoms with Crippen molar-refractivity contribution < 1.29 is 21.5 Å². The number of hydrogen-bond acceptors (Lipinski definition) is 0. The summed E-state index contributed by atoms with van der Waals surface area (Å²) >= 11 is 0. The fraction of sp³-hybridized carbons (Fsp3) is 1.00. The van der Waals surface area contributed by atoms with Gasteiger partial charge in [0.15, 0.2) is 0 Å². The van der Waals surface area contributed by atoms with E-state index in [2.05, 4.69) is 27.7 Å². The maximum absolute atomic E-state index is 2.35. The van der Waals surface area contributed by atoms with E-state index in [1.807, 2.05) is 0 Å². The Hall–Kier alpha value is 0.440. The Bertz CT molecular complexity index is 229. The zero-order valence-corrected chi connectivity index (χ0v) is 20.6. The smallest absolute Gasteiger partial charge is 0.0786 e. The van der Waals surface area contributed by atoms with E-state index < -0.39 is 0 Å². The van der Waals surface area contributed by atoms with Crippen molar-refractivity contribution in [1.82, 2.24) is 0 Å². The summed E-state index contributed by atoms with van der Waals surface area (Å²) in [5.41, 5.74) is 0. The van der Waals surface area contributed by atoms with Gasteiger partial charge in [0.1, 0.15) is 0 Å². The lowest BCUT2D eigenvalue weighted by molar-refractivity contribution is -0.929. The summed E-state index contributed by atoms with van der Waals surface area (Å²) in [5.74, 6) is 0. The van der Waals surface area contributed by atoms with Crippen molar-refractivity contribution in [2.75, 3.05) is 26.2 Å². The van der Waals surface area contributed by atoms with Gasteiger partial charge in [-0.15, -0.1) is 0 Å². The topological polar surface area (TPSA) is 0 Å². The quantitative estimate of drug-likeness (QED) is 0.184. The van der Waals surface area contributed by atoms with E-state index in [0.717, 1.165) is 0 Å². The SMILES string of the molecule is CCCCCCC[N+](CCCCC)(CCCCC)CCCCCCC.[Br-]. The molecule has 0 aliphatic carbocycles. The molecule has 0 aliphatic rings. The van der Waals surface area contributed by atoms with Crippen molar-refractivity contribution in [3.05, 3.63) is 0 Å². The molecule has 0 aromatic carbocycles. The second kappa shape index (κ2) is 21.7. The highest BCUT2D eigenvalue weighted by molar-refractivity contribution is 4.53. The Morgan fingerprint density at radius 3 is 0.885 bits per heavy atom. The number of halogens is 1. The van der Waals surface area contributed by atoms with Gasteiger partial charge in [-0.05, 0) is 51.4 Å². The van der Waals surface area contributed by atoms with Crippen LogP contribution in [0.5, 0.6) is 0 Å². The van der Waals surface area contributed by atoms with Crippen LogP contribution in [0.2, 0.25) is 0 Å². The van der Waals surface area contributed by atoms with E-state index in [-0.39, 0.29) is 17.0 Å². The Morgan fingerprint density at radius 2 is 0.577 bits per heavy atom. The van der Waals surface area contributed by atoms with Gasteiger partial charge in [-0.2, -0.15) is 0 Å². The van der Waals surface area contributed by atoms with Gasteiger partial charge in [0.05, 0.1) is 26.2 Å². The van der Waals surface area contributed by atoms with Gasteiger partial charge < -0.3 is 21.5 Å². The molecule has 0 rings (SSSR count). The predicted octanol–water partition coefficient (Wildman–Crippen LogP) is 5.13. The van der Waals surface area contributed by atoms with E-state index in [1.165, 1.54) is 133 Å². The van der Waals surface area contributed by atoms with E-state index in [9.17, 15) is 0 Å². The van der Waals surface area contributed by atoms with Gasteiger partial charge in [0.2, 0.25) is 0 Å². The molecule has 0 fully saturated rings. The molecule has 160 valence electrons. The molecule has 0 N–H and O–H groups in total. The average molecular weight is 435 g/mol. The minimum atomic E-state index is 0. The van der Waals surface area contributed by atoms with Gasteiger partial charge in [-0.25, -0.2) is 0 Å². The first kappa shape index (κ1) is 28.6. The van der Waals surface area contributed by atoms with Crippen LogP contribution in [0.4, 0.5) is 0 Å². The Labute approximate surface area is 178 Å². The summed E-state index contributed by atoms with van der Waals surface area (Å²) in [4.78, 5) is 0. The molecule has 0 aromatic heterocycles. The fourth-order valence-corrected chi connectivity index (χ4v) is 4.17. The second-order valence-electron chi connectivity index (χ2n) is 8.48. The molecule has 26 heavy (non-hydrogen) atoms. The summed E-state index contributed by atoms with van der Waals surface area (Å²) in [6, 6.07) is 0. The molecular weight excluding hydrogens is 382 g/mol. The molecule has 0 atom stereocenters. The first-order valence-corrected chi connectivity index (χ1v) is 12.1. The molecule has 2 heteroatoms. The Morgan fingerprint density at radius 1 is 0.346 bits per heavy atom. The maximum Gasteiger partial charge on any atom is 0.0786 e. The molecule has 0 aliphatic heterocycles. The van der Waals surface area contributed by atoms with Crippen molar-refractivity contribution >= 4 is 0 Å². The Kier molecular flexibility index (Phi) is 24.0. The van der Waals surface area contributed by atoms with Crippen molar-refractivity contribution in [3.8, 4) is 0 Å². The van der Waals surface area contributed by atoms with Crippen LogP contribution >= 0.6 is 0 Å². The molecule has 0 unspecified atom stereocenters. The minimum absolute atomic E-state index is 0. The highest BCUT2D eigenvalue weighted by Gasteiger charge is 2.25. The van der Waals surface area contributed by atoms with Gasteiger partial charge >= 0.3 is 0 Å². The number of unbranched alkanes of at least 4 members (excludes halogenated alkanes) is 12. The van der Waals surface area contributed by atoms with Crippen LogP contribution in [0.1, 0.15) is 130 Å². The van der Waals surface area contributed by atoms with Crippen LogP contribution < -0.4 is 17.0 Å². The maximum atomic E-state index is 2.35. The average Bonchev–Trinajstić information content (AvgIpc) is 2.62. The fourth-order valence-electron chi connectivity index (χ4n) is 4.17. The summed E-state index contributed by atoms with van der Waals surface area (Å²) in [6.07, 6.45) is 22.9. The third-order valence-electron chi connectivity index (χ3n) is 5.94. The van der Waals surface area contributed by atoms with E-state index in [4.69, 9.17) is 0 Å². The number of quaternary nitrogens is 1. The molecule has 0 amide bonds. The molecule has 0 spiro atoms. The normalized spacial score (nSPS) is 11.5. The van der Waals surface area contributed by atoms with Crippen LogP contribution in [0, 0.1) is 0 Å². The molecule has 0 heterocycles. The molecule has 0 saturated carbocycles. The zero-order chi connectivity index (χ0) is 18.6. The van der Waals surface area contributed by atoms with Crippen molar-refractivity contribution in [2.45, 2.75) is 130 Å². The van der Waals surface area contributed by atoms with Crippen LogP contribution in [-0.4, -0.2) is 30.7 Å². The van der Waals surface area contributed by atoms with Gasteiger partial charge in [-0.1, -0.05) is 79.1 Å². The van der Waals surface area contributed by atoms with Crippen molar-refractivity contribution in [3.63, 3.8) is 0 Å². The lowest BCUT2D eigenvalue weighted by atomic mass is 10.1. The van der Waals surface area contributed by atoms with E-state index in [1.54, 1.807) is 0 Å². The minimum Gasteiger partial charge on any atom is -1.00 e. The van der Waals surface area contributed by atoms with Crippen LogP contribution in [0.25, 0.3) is 0 Å². The summed E-state index contributed by atoms with van der Waals surface area (Å²) < 4.78 is 1.46. The van der Waals surface area contributed by atoms with E-state index >= 15 is 0 Å². The number of nitrogens with zero attached hydrogens (tertiary/aromatic N) is 1. The molecule has 0 aromatic rings. The van der Waals surface area contributed by atoms with Gasteiger partial charge in [-0.3, -0.25) is 0 Å². The number of hydrogen-bond donors (Lipinski definition) is 0.